The van der Waals surface area contributed by atoms with Crippen LogP contribution in [0.25, 0.3) is 27.4 Å². The molecule has 0 spiro atoms. The molecule has 2 aromatic heterocycles. The fraction of sp³-hybridized carbons (Fsp3) is 0.222. The molecule has 0 aliphatic heterocycles. The Morgan fingerprint density at radius 1 is 1.03 bits per heavy atom. The molecule has 6 nitrogen and oxygen atoms in total. The second-order valence-corrected chi connectivity index (χ2v) is 7.85. The van der Waals surface area contributed by atoms with E-state index in [1.165, 1.54) is 4.68 Å². The molecule has 2 heterocycles. The summed E-state index contributed by atoms with van der Waals surface area (Å²) in [5.41, 5.74) is 4.75. The number of ether oxygens (including phenoxy) is 1. The van der Waals surface area contributed by atoms with Crippen molar-refractivity contribution in [3.8, 4) is 33.1 Å². The molecule has 34 heavy (non-hydrogen) atoms. The first-order valence-corrected chi connectivity index (χ1v) is 11.9. The molecule has 0 atom stereocenters. The van der Waals surface area contributed by atoms with Crippen molar-refractivity contribution in [3.63, 3.8) is 0 Å². The molecule has 0 fully saturated rings. The molecule has 0 saturated heterocycles. The minimum Gasteiger partial charge on any atom is -0.497 e. The Bertz CT molecular complexity index is 1250. The van der Waals surface area contributed by atoms with Crippen molar-refractivity contribution in [2.45, 2.75) is 27.7 Å². The molecular formula is C27H31N3O3S. The van der Waals surface area contributed by atoms with E-state index in [1.54, 1.807) is 24.5 Å². The first-order chi connectivity index (χ1) is 16.6. The normalized spacial score (nSPS) is 9.79. The highest BCUT2D eigenvalue weighted by molar-refractivity contribution is 7.13. The molecule has 4 aromatic rings. The summed E-state index contributed by atoms with van der Waals surface area (Å²) < 4.78 is 6.86. The lowest BCUT2D eigenvalue weighted by atomic mass is 10.1. The highest BCUT2D eigenvalue weighted by Gasteiger charge is 2.14. The minimum absolute atomic E-state index is 0.171. The monoisotopic (exact) mass is 477 g/mol. The minimum atomic E-state index is -0.171. The van der Waals surface area contributed by atoms with Crippen LogP contribution in [-0.4, -0.2) is 30.2 Å². The van der Waals surface area contributed by atoms with E-state index in [9.17, 15) is 4.79 Å². The average Bonchev–Trinajstić information content (AvgIpc) is 3.43. The van der Waals surface area contributed by atoms with E-state index in [-0.39, 0.29) is 5.56 Å². The average molecular weight is 478 g/mol. The van der Waals surface area contributed by atoms with Crippen molar-refractivity contribution >= 4 is 23.8 Å². The van der Waals surface area contributed by atoms with Gasteiger partial charge in [0.2, 0.25) is 0 Å². The van der Waals surface area contributed by atoms with Crippen molar-refractivity contribution in [2.75, 3.05) is 19.0 Å². The number of hydrogen-bond donors (Lipinski definition) is 1. The Morgan fingerprint density at radius 3 is 2.44 bits per heavy atom. The first-order valence-electron chi connectivity index (χ1n) is 11.1. The predicted octanol–water partition coefficient (Wildman–Crippen LogP) is 6.22. The van der Waals surface area contributed by atoms with E-state index in [1.807, 2.05) is 82.3 Å². The van der Waals surface area contributed by atoms with Gasteiger partial charge in [-0.25, -0.2) is 0 Å². The zero-order valence-corrected chi connectivity index (χ0v) is 21.1. The van der Waals surface area contributed by atoms with Crippen molar-refractivity contribution < 1.29 is 9.53 Å². The zero-order chi connectivity index (χ0) is 25.1. The third-order valence-corrected chi connectivity index (χ3v) is 5.81. The molecule has 178 valence electrons. The zero-order valence-electron chi connectivity index (χ0n) is 20.3. The van der Waals surface area contributed by atoms with Gasteiger partial charge in [-0.05, 0) is 60.7 Å². The quantitative estimate of drug-likeness (QED) is 0.357. The van der Waals surface area contributed by atoms with Crippen LogP contribution >= 0.6 is 11.3 Å². The number of aromatic nitrogens is 2. The van der Waals surface area contributed by atoms with Gasteiger partial charge in [0, 0.05) is 17.0 Å². The standard InChI is InChI=1S/C24H23N3O2S.C2H6.CH2O/c1-4-25-21-15-20(17-7-5-8-19(13-17)29-3)26-27(24(21)28)22-14-18(11-10-16(22)2)23-9-6-12-30-23;2*1-2/h5-15,25H,4H2,1-3H3;1-2H3;1H2. The van der Waals surface area contributed by atoms with Crippen LogP contribution in [0.1, 0.15) is 26.3 Å². The number of benzene rings is 2. The summed E-state index contributed by atoms with van der Waals surface area (Å²) in [4.78, 5) is 22.4. The fourth-order valence-corrected chi connectivity index (χ4v) is 4.06. The number of carbonyl (C=O) groups is 1. The molecule has 0 saturated carbocycles. The van der Waals surface area contributed by atoms with Crippen molar-refractivity contribution in [1.82, 2.24) is 9.78 Å². The lowest BCUT2D eigenvalue weighted by molar-refractivity contribution is -0.0979. The number of methoxy groups -OCH3 is 1. The van der Waals surface area contributed by atoms with E-state index >= 15 is 0 Å². The third-order valence-electron chi connectivity index (χ3n) is 4.89. The SMILES string of the molecule is C=O.CC.CCNc1cc(-c2cccc(OC)c2)nn(-c2cc(-c3cccs3)ccc2C)c1=O. The Hall–Kier alpha value is -3.71. The van der Waals surface area contributed by atoms with E-state index in [0.29, 0.717) is 17.9 Å². The van der Waals surface area contributed by atoms with Gasteiger partial charge in [0.05, 0.1) is 18.5 Å². The Kier molecular flexibility index (Phi) is 10.2. The Labute approximate surface area is 204 Å². The number of carbonyl (C=O) groups excluding carboxylic acids is 1. The number of nitrogens with one attached hydrogen (secondary N) is 1. The van der Waals surface area contributed by atoms with Crippen LogP contribution in [0, 0.1) is 6.92 Å². The Morgan fingerprint density at radius 2 is 1.79 bits per heavy atom. The molecule has 0 bridgehead atoms. The lowest BCUT2D eigenvalue weighted by Crippen LogP contribution is -2.25. The molecule has 0 aliphatic carbocycles. The number of hydrogen-bond acceptors (Lipinski definition) is 6. The van der Waals surface area contributed by atoms with Crippen LogP contribution in [-0.2, 0) is 4.79 Å². The molecule has 2 aromatic carbocycles. The first kappa shape index (κ1) is 26.5. The van der Waals surface area contributed by atoms with E-state index < -0.39 is 0 Å². The molecular weight excluding hydrogens is 446 g/mol. The topological polar surface area (TPSA) is 73.2 Å². The summed E-state index contributed by atoms with van der Waals surface area (Å²) in [5, 5.41) is 9.96. The van der Waals surface area contributed by atoms with Crippen LogP contribution in [0.3, 0.4) is 0 Å². The molecule has 0 unspecified atom stereocenters. The van der Waals surface area contributed by atoms with Crippen molar-refractivity contribution in [3.05, 3.63) is 82.0 Å². The largest absolute Gasteiger partial charge is 0.497 e. The fourth-order valence-electron chi connectivity index (χ4n) is 3.33. The van der Waals surface area contributed by atoms with Gasteiger partial charge in [-0.15, -0.1) is 11.3 Å². The van der Waals surface area contributed by atoms with E-state index in [4.69, 9.17) is 14.6 Å². The summed E-state index contributed by atoms with van der Waals surface area (Å²) >= 11 is 1.67. The van der Waals surface area contributed by atoms with Gasteiger partial charge in [0.15, 0.2) is 0 Å². The predicted molar refractivity (Wildman–Crippen MR) is 143 cm³/mol. The second kappa shape index (κ2) is 13.1. The number of anilines is 1. The molecule has 4 rings (SSSR count). The van der Waals surface area contributed by atoms with Gasteiger partial charge in [0.1, 0.15) is 18.2 Å². The molecule has 7 heteroatoms. The van der Waals surface area contributed by atoms with Crippen LogP contribution < -0.4 is 15.6 Å². The van der Waals surface area contributed by atoms with Gasteiger partial charge in [-0.3, -0.25) is 4.79 Å². The number of nitrogens with zero attached hydrogens (tertiary/aromatic N) is 2. The van der Waals surface area contributed by atoms with Gasteiger partial charge in [0.25, 0.3) is 5.56 Å². The third kappa shape index (κ3) is 5.99. The Balaban J connectivity index is 0.000000970. The van der Waals surface area contributed by atoms with E-state index in [2.05, 4.69) is 17.4 Å². The van der Waals surface area contributed by atoms with Gasteiger partial charge >= 0.3 is 0 Å². The van der Waals surface area contributed by atoms with Gasteiger partial charge in [-0.1, -0.05) is 44.2 Å². The summed E-state index contributed by atoms with van der Waals surface area (Å²) in [6.07, 6.45) is 0. The maximum absolute atomic E-state index is 13.2. The highest BCUT2D eigenvalue weighted by atomic mass is 32.1. The summed E-state index contributed by atoms with van der Waals surface area (Å²) in [6.45, 7) is 10.6. The second-order valence-electron chi connectivity index (χ2n) is 6.90. The number of rotatable bonds is 6. The summed E-state index contributed by atoms with van der Waals surface area (Å²) in [7, 11) is 1.64. The maximum atomic E-state index is 13.2. The smallest absolute Gasteiger partial charge is 0.294 e. The van der Waals surface area contributed by atoms with Crippen molar-refractivity contribution in [1.29, 1.82) is 0 Å². The van der Waals surface area contributed by atoms with Crippen LogP contribution in [0.15, 0.2) is 70.8 Å². The number of aryl methyl sites for hydroxylation is 1. The number of thiophene rings is 1. The highest BCUT2D eigenvalue weighted by Crippen LogP contribution is 2.29. The maximum Gasteiger partial charge on any atom is 0.294 e. The molecule has 0 amide bonds. The van der Waals surface area contributed by atoms with Gasteiger partial charge < -0.3 is 14.8 Å². The van der Waals surface area contributed by atoms with E-state index in [0.717, 1.165) is 33.0 Å². The molecule has 1 N–H and O–H groups in total. The summed E-state index contributed by atoms with van der Waals surface area (Å²) in [5.74, 6) is 0.743. The lowest BCUT2D eigenvalue weighted by Gasteiger charge is -2.14. The molecule has 0 aliphatic rings. The van der Waals surface area contributed by atoms with Crippen LogP contribution in [0.4, 0.5) is 5.69 Å². The molecule has 0 radical (unpaired) electrons. The van der Waals surface area contributed by atoms with Crippen molar-refractivity contribution in [2.24, 2.45) is 0 Å². The van der Waals surface area contributed by atoms with Crippen LogP contribution in [0.5, 0.6) is 5.75 Å². The van der Waals surface area contributed by atoms with Gasteiger partial charge in [-0.2, -0.15) is 9.78 Å². The van der Waals surface area contributed by atoms with Crippen LogP contribution in [0.2, 0.25) is 0 Å². The summed E-state index contributed by atoms with van der Waals surface area (Å²) in [6, 6.07) is 19.7.